The van der Waals surface area contributed by atoms with Crippen LogP contribution in [0.1, 0.15) is 40.0 Å². The summed E-state index contributed by atoms with van der Waals surface area (Å²) in [5.74, 6) is -1.07. The summed E-state index contributed by atoms with van der Waals surface area (Å²) < 4.78 is 31.8. The van der Waals surface area contributed by atoms with Gasteiger partial charge in [0, 0.05) is 44.8 Å². The highest BCUT2D eigenvalue weighted by molar-refractivity contribution is 7.89. The fraction of sp³-hybridized carbons (Fsp3) is 0.609. The van der Waals surface area contributed by atoms with Gasteiger partial charge in [0.05, 0.1) is 23.3 Å². The molecule has 2 heterocycles. The molecule has 0 unspecified atom stereocenters. The van der Waals surface area contributed by atoms with Crippen LogP contribution >= 0.6 is 0 Å². The molecule has 2 aliphatic rings. The maximum absolute atomic E-state index is 13.0. The molecule has 1 aromatic rings. The van der Waals surface area contributed by atoms with E-state index in [1.54, 1.807) is 42.7 Å². The van der Waals surface area contributed by atoms with E-state index in [4.69, 9.17) is 4.74 Å². The zero-order valence-electron chi connectivity index (χ0n) is 19.5. The number of amides is 2. The lowest BCUT2D eigenvalue weighted by molar-refractivity contribution is -0.151. The van der Waals surface area contributed by atoms with Crippen LogP contribution in [0.25, 0.3) is 0 Å². The molecule has 33 heavy (non-hydrogen) atoms. The Balaban J connectivity index is 1.62. The van der Waals surface area contributed by atoms with Gasteiger partial charge in [-0.3, -0.25) is 14.4 Å². The molecule has 0 aromatic heterocycles. The highest BCUT2D eigenvalue weighted by Crippen LogP contribution is 2.29. The predicted octanol–water partition coefficient (Wildman–Crippen LogP) is 1.87. The van der Waals surface area contributed by atoms with E-state index in [0.29, 0.717) is 51.3 Å². The van der Waals surface area contributed by atoms with E-state index in [9.17, 15) is 22.8 Å². The van der Waals surface area contributed by atoms with E-state index < -0.39 is 15.9 Å². The lowest BCUT2D eigenvalue weighted by Gasteiger charge is -2.32. The van der Waals surface area contributed by atoms with E-state index in [2.05, 4.69) is 0 Å². The normalized spacial score (nSPS) is 19.9. The molecule has 2 saturated heterocycles. The minimum atomic E-state index is -3.57. The van der Waals surface area contributed by atoms with Crippen molar-refractivity contribution in [2.75, 3.05) is 44.2 Å². The van der Waals surface area contributed by atoms with Gasteiger partial charge in [-0.05, 0) is 44.0 Å². The smallest absolute Gasteiger partial charge is 0.309 e. The number of anilines is 1. The number of nitrogens with zero attached hydrogens (tertiary/aromatic N) is 3. The summed E-state index contributed by atoms with van der Waals surface area (Å²) in [5.41, 5.74) is 0.579. The van der Waals surface area contributed by atoms with Crippen LogP contribution in [0.2, 0.25) is 0 Å². The third-order valence-corrected chi connectivity index (χ3v) is 8.46. The molecule has 3 rings (SSSR count). The summed E-state index contributed by atoms with van der Waals surface area (Å²) >= 11 is 0. The van der Waals surface area contributed by atoms with E-state index in [1.165, 1.54) is 16.4 Å². The second kappa shape index (κ2) is 10.6. The predicted molar refractivity (Wildman–Crippen MR) is 123 cm³/mol. The molecule has 1 atom stereocenters. The maximum Gasteiger partial charge on any atom is 0.309 e. The number of benzene rings is 1. The molecular weight excluding hydrogens is 446 g/mol. The second-order valence-corrected chi connectivity index (χ2v) is 10.3. The van der Waals surface area contributed by atoms with Gasteiger partial charge in [0.25, 0.3) is 0 Å². The monoisotopic (exact) mass is 479 g/mol. The number of carbonyl (C=O) groups excluding carboxylic acids is 3. The van der Waals surface area contributed by atoms with Crippen molar-refractivity contribution in [1.82, 2.24) is 9.21 Å². The van der Waals surface area contributed by atoms with Gasteiger partial charge in [0.2, 0.25) is 21.8 Å². The Labute approximate surface area is 195 Å². The lowest BCUT2D eigenvalue weighted by atomic mass is 9.95. The van der Waals surface area contributed by atoms with Gasteiger partial charge in [-0.1, -0.05) is 13.8 Å². The molecule has 9 nitrogen and oxygen atoms in total. The number of hydrogen-bond acceptors (Lipinski definition) is 6. The van der Waals surface area contributed by atoms with Gasteiger partial charge in [0.1, 0.15) is 0 Å². The number of esters is 1. The average molecular weight is 480 g/mol. The van der Waals surface area contributed by atoms with Crippen LogP contribution in [0.3, 0.4) is 0 Å². The quantitative estimate of drug-likeness (QED) is 0.527. The molecule has 2 aliphatic heterocycles. The summed E-state index contributed by atoms with van der Waals surface area (Å²) in [5, 5.41) is 0. The van der Waals surface area contributed by atoms with Gasteiger partial charge in [-0.25, -0.2) is 8.42 Å². The standard InChI is InChI=1S/C23H33N3O6S/c1-4-25(5-2)33(30,31)20-9-7-19(8-10-20)26-16-18(15-21(26)27)22(28)24-13-11-17(12-14-24)23(29)32-6-3/h7-10,17-18H,4-6,11-16H2,1-3H3/t18-/m0/s1. The first-order valence-electron chi connectivity index (χ1n) is 11.6. The average Bonchev–Trinajstić information content (AvgIpc) is 3.21. The summed E-state index contributed by atoms with van der Waals surface area (Å²) in [7, 11) is -3.57. The third-order valence-electron chi connectivity index (χ3n) is 6.39. The molecule has 0 aliphatic carbocycles. The number of piperidine rings is 1. The van der Waals surface area contributed by atoms with Crippen molar-refractivity contribution in [3.63, 3.8) is 0 Å². The SMILES string of the molecule is CCOC(=O)C1CCN(C(=O)[C@H]2CC(=O)N(c3ccc(S(=O)(=O)N(CC)CC)cc3)C2)CC1. The summed E-state index contributed by atoms with van der Waals surface area (Å²) in [4.78, 5) is 41.0. The zero-order valence-corrected chi connectivity index (χ0v) is 20.3. The van der Waals surface area contributed by atoms with Gasteiger partial charge in [-0.15, -0.1) is 0 Å². The van der Waals surface area contributed by atoms with Crippen LogP contribution in [0.4, 0.5) is 5.69 Å². The van der Waals surface area contributed by atoms with E-state index in [-0.39, 0.29) is 41.6 Å². The van der Waals surface area contributed by atoms with Crippen molar-refractivity contribution < 1.29 is 27.5 Å². The Hall–Kier alpha value is -2.46. The first kappa shape index (κ1) is 25.2. The Bertz CT molecular complexity index is 966. The number of carbonyl (C=O) groups is 3. The van der Waals surface area contributed by atoms with Crippen molar-refractivity contribution in [3.8, 4) is 0 Å². The molecule has 182 valence electrons. The van der Waals surface area contributed by atoms with Gasteiger partial charge >= 0.3 is 5.97 Å². The lowest BCUT2D eigenvalue weighted by Crippen LogP contribution is -2.44. The van der Waals surface area contributed by atoms with Crippen molar-refractivity contribution >= 4 is 33.5 Å². The summed E-state index contributed by atoms with van der Waals surface area (Å²) in [6.07, 6.45) is 1.25. The van der Waals surface area contributed by atoms with Gasteiger partial charge < -0.3 is 14.5 Å². The van der Waals surface area contributed by atoms with Crippen LogP contribution in [0.5, 0.6) is 0 Å². The molecular formula is C23H33N3O6S. The molecule has 2 fully saturated rings. The van der Waals surface area contributed by atoms with Crippen molar-refractivity contribution in [2.45, 2.75) is 44.9 Å². The molecule has 0 radical (unpaired) electrons. The van der Waals surface area contributed by atoms with Crippen LogP contribution in [-0.4, -0.2) is 74.7 Å². The van der Waals surface area contributed by atoms with E-state index in [0.717, 1.165) is 0 Å². The Kier molecular flexibility index (Phi) is 8.12. The van der Waals surface area contributed by atoms with Crippen molar-refractivity contribution in [2.24, 2.45) is 11.8 Å². The summed E-state index contributed by atoms with van der Waals surface area (Å²) in [6.45, 7) is 7.67. The molecule has 0 bridgehead atoms. The minimum absolute atomic E-state index is 0.0751. The minimum Gasteiger partial charge on any atom is -0.466 e. The number of ether oxygens (including phenoxy) is 1. The number of rotatable bonds is 8. The fourth-order valence-electron chi connectivity index (χ4n) is 4.49. The highest BCUT2D eigenvalue weighted by Gasteiger charge is 2.39. The largest absolute Gasteiger partial charge is 0.466 e. The highest BCUT2D eigenvalue weighted by atomic mass is 32.2. The van der Waals surface area contributed by atoms with Crippen LogP contribution in [0.15, 0.2) is 29.2 Å². The van der Waals surface area contributed by atoms with E-state index >= 15 is 0 Å². The topological polar surface area (TPSA) is 104 Å². The fourth-order valence-corrected chi connectivity index (χ4v) is 5.95. The Morgan fingerprint density at radius 2 is 1.64 bits per heavy atom. The van der Waals surface area contributed by atoms with Gasteiger partial charge in [-0.2, -0.15) is 4.31 Å². The maximum atomic E-state index is 13.0. The number of likely N-dealkylation sites (tertiary alicyclic amines) is 1. The molecule has 0 saturated carbocycles. The van der Waals surface area contributed by atoms with Crippen LogP contribution in [0, 0.1) is 11.8 Å². The van der Waals surface area contributed by atoms with E-state index in [1.807, 2.05) is 0 Å². The molecule has 2 amide bonds. The van der Waals surface area contributed by atoms with Crippen molar-refractivity contribution in [3.05, 3.63) is 24.3 Å². The third kappa shape index (κ3) is 5.38. The second-order valence-electron chi connectivity index (χ2n) is 8.34. The molecule has 1 aromatic carbocycles. The first-order chi connectivity index (χ1) is 15.7. The van der Waals surface area contributed by atoms with Crippen molar-refractivity contribution in [1.29, 1.82) is 0 Å². The zero-order chi connectivity index (χ0) is 24.2. The van der Waals surface area contributed by atoms with Crippen LogP contribution in [-0.2, 0) is 29.1 Å². The first-order valence-corrected chi connectivity index (χ1v) is 13.0. The number of hydrogen-bond donors (Lipinski definition) is 0. The Morgan fingerprint density at radius 1 is 1.03 bits per heavy atom. The number of sulfonamides is 1. The van der Waals surface area contributed by atoms with Crippen LogP contribution < -0.4 is 4.90 Å². The molecule has 0 spiro atoms. The summed E-state index contributed by atoms with van der Waals surface area (Å²) in [6, 6.07) is 6.25. The Morgan fingerprint density at radius 3 is 2.18 bits per heavy atom. The molecule has 0 N–H and O–H groups in total. The van der Waals surface area contributed by atoms with Gasteiger partial charge in [0.15, 0.2) is 0 Å². The molecule has 10 heteroatoms.